The zero-order chi connectivity index (χ0) is 19.5. The molecule has 3 aromatic rings. The molecule has 0 saturated carbocycles. The molecule has 1 atom stereocenters. The van der Waals surface area contributed by atoms with E-state index in [1.54, 1.807) is 24.1 Å². The molecule has 28 heavy (non-hydrogen) atoms. The Morgan fingerprint density at radius 2 is 1.82 bits per heavy atom. The van der Waals surface area contributed by atoms with Crippen molar-refractivity contribution >= 4 is 28.5 Å². The van der Waals surface area contributed by atoms with E-state index in [-0.39, 0.29) is 11.8 Å². The van der Waals surface area contributed by atoms with Gasteiger partial charge in [-0.15, -0.1) is 0 Å². The maximum atomic E-state index is 12.7. The lowest BCUT2D eigenvalue weighted by molar-refractivity contribution is -0.133. The summed E-state index contributed by atoms with van der Waals surface area (Å²) in [6.07, 6.45) is 1.77. The van der Waals surface area contributed by atoms with Crippen LogP contribution in [0.15, 0.2) is 54.7 Å². The van der Waals surface area contributed by atoms with Crippen LogP contribution < -0.4 is 10.2 Å². The Bertz CT molecular complexity index is 944. The fourth-order valence-electron chi connectivity index (χ4n) is 3.50. The van der Waals surface area contributed by atoms with Gasteiger partial charge in [-0.1, -0.05) is 24.3 Å². The first-order chi connectivity index (χ1) is 13.6. The molecule has 1 aliphatic rings. The van der Waals surface area contributed by atoms with Gasteiger partial charge in [-0.3, -0.25) is 9.59 Å². The number of carbonyl (C=O) groups is 2. The Morgan fingerprint density at radius 3 is 2.54 bits per heavy atom. The first-order valence-electron chi connectivity index (χ1n) is 9.45. The SMILES string of the molecule is C[C@@H](NC(=O)c1cc2ccccc2[nH]1)C(=O)N1CCN(c2ccccn2)CC1. The number of anilines is 1. The fourth-order valence-corrected chi connectivity index (χ4v) is 3.50. The maximum Gasteiger partial charge on any atom is 0.268 e. The first-order valence-corrected chi connectivity index (χ1v) is 9.45. The summed E-state index contributed by atoms with van der Waals surface area (Å²) >= 11 is 0. The predicted molar refractivity (Wildman–Crippen MR) is 108 cm³/mol. The molecule has 7 nitrogen and oxygen atoms in total. The number of H-pyrrole nitrogens is 1. The molecule has 1 saturated heterocycles. The van der Waals surface area contributed by atoms with Gasteiger partial charge in [0.15, 0.2) is 0 Å². The monoisotopic (exact) mass is 377 g/mol. The van der Waals surface area contributed by atoms with E-state index in [4.69, 9.17) is 0 Å². The number of aromatic amines is 1. The molecule has 0 unspecified atom stereocenters. The van der Waals surface area contributed by atoms with Gasteiger partial charge in [-0.25, -0.2) is 4.98 Å². The van der Waals surface area contributed by atoms with Crippen LogP contribution in [0, 0.1) is 0 Å². The van der Waals surface area contributed by atoms with Gasteiger partial charge in [0, 0.05) is 43.3 Å². The largest absolute Gasteiger partial charge is 0.353 e. The van der Waals surface area contributed by atoms with Gasteiger partial charge in [-0.2, -0.15) is 0 Å². The first kappa shape index (κ1) is 18.0. The summed E-state index contributed by atoms with van der Waals surface area (Å²) in [5, 5.41) is 3.78. The van der Waals surface area contributed by atoms with Crippen LogP contribution in [0.1, 0.15) is 17.4 Å². The number of benzene rings is 1. The predicted octanol–water partition coefficient (Wildman–Crippen LogP) is 2.03. The highest BCUT2D eigenvalue weighted by molar-refractivity contribution is 6.00. The van der Waals surface area contributed by atoms with Crippen LogP contribution in [0.4, 0.5) is 5.82 Å². The molecule has 0 spiro atoms. The van der Waals surface area contributed by atoms with E-state index in [0.29, 0.717) is 18.8 Å². The second-order valence-electron chi connectivity index (χ2n) is 6.97. The molecule has 7 heteroatoms. The fraction of sp³-hybridized carbons (Fsp3) is 0.286. The molecule has 3 heterocycles. The molecule has 2 N–H and O–H groups in total. The average Bonchev–Trinajstić information content (AvgIpc) is 3.18. The van der Waals surface area contributed by atoms with Gasteiger partial charge in [-0.05, 0) is 31.2 Å². The number of hydrogen-bond donors (Lipinski definition) is 2. The lowest BCUT2D eigenvalue weighted by atomic mass is 10.2. The molecule has 4 rings (SSSR count). The lowest BCUT2D eigenvalue weighted by Gasteiger charge is -2.36. The number of fused-ring (bicyclic) bond motifs is 1. The molecule has 1 aromatic carbocycles. The highest BCUT2D eigenvalue weighted by Crippen LogP contribution is 2.15. The number of hydrogen-bond acceptors (Lipinski definition) is 4. The number of pyridine rings is 1. The molecule has 144 valence electrons. The van der Waals surface area contributed by atoms with E-state index < -0.39 is 6.04 Å². The Morgan fingerprint density at radius 1 is 1.07 bits per heavy atom. The molecule has 1 fully saturated rings. The van der Waals surface area contributed by atoms with Gasteiger partial charge in [0.2, 0.25) is 5.91 Å². The second kappa shape index (κ2) is 7.72. The van der Waals surface area contributed by atoms with Crippen molar-refractivity contribution in [2.45, 2.75) is 13.0 Å². The number of para-hydroxylation sites is 1. The van der Waals surface area contributed by atoms with E-state index in [9.17, 15) is 9.59 Å². The number of aromatic nitrogens is 2. The number of nitrogens with zero attached hydrogens (tertiary/aromatic N) is 3. The van der Waals surface area contributed by atoms with Crippen molar-refractivity contribution in [2.75, 3.05) is 31.1 Å². The minimum Gasteiger partial charge on any atom is -0.353 e. The van der Waals surface area contributed by atoms with Gasteiger partial charge in [0.25, 0.3) is 5.91 Å². The smallest absolute Gasteiger partial charge is 0.268 e. The minimum atomic E-state index is -0.583. The molecule has 2 amide bonds. The third-order valence-corrected chi connectivity index (χ3v) is 5.06. The normalized spacial score (nSPS) is 15.5. The average molecular weight is 377 g/mol. The van der Waals surface area contributed by atoms with Gasteiger partial charge in [0.05, 0.1) is 0 Å². The molecule has 0 aliphatic carbocycles. The molecular weight excluding hydrogens is 354 g/mol. The molecule has 1 aliphatic heterocycles. The third-order valence-electron chi connectivity index (χ3n) is 5.06. The topological polar surface area (TPSA) is 81.3 Å². The molecule has 2 aromatic heterocycles. The minimum absolute atomic E-state index is 0.0647. The number of nitrogens with one attached hydrogen (secondary N) is 2. The van der Waals surface area contributed by atoms with E-state index in [1.807, 2.05) is 42.5 Å². The summed E-state index contributed by atoms with van der Waals surface area (Å²) in [4.78, 5) is 36.7. The van der Waals surface area contributed by atoms with Crippen LogP contribution in [0.5, 0.6) is 0 Å². The summed E-state index contributed by atoms with van der Waals surface area (Å²) in [6.45, 7) is 4.41. The maximum absolute atomic E-state index is 12.7. The zero-order valence-corrected chi connectivity index (χ0v) is 15.8. The van der Waals surface area contributed by atoms with E-state index in [2.05, 4.69) is 20.2 Å². The zero-order valence-electron chi connectivity index (χ0n) is 15.8. The quantitative estimate of drug-likeness (QED) is 0.729. The van der Waals surface area contributed by atoms with Crippen molar-refractivity contribution in [1.29, 1.82) is 0 Å². The van der Waals surface area contributed by atoms with Crippen LogP contribution in [-0.2, 0) is 4.79 Å². The van der Waals surface area contributed by atoms with Crippen molar-refractivity contribution in [3.63, 3.8) is 0 Å². The second-order valence-corrected chi connectivity index (χ2v) is 6.97. The van der Waals surface area contributed by atoms with Crippen LogP contribution in [0.25, 0.3) is 10.9 Å². The summed E-state index contributed by atoms with van der Waals surface area (Å²) in [7, 11) is 0. The van der Waals surface area contributed by atoms with E-state index in [1.165, 1.54) is 0 Å². The summed E-state index contributed by atoms with van der Waals surface area (Å²) in [6, 6.07) is 14.7. The summed E-state index contributed by atoms with van der Waals surface area (Å²) in [5.41, 5.74) is 1.36. The van der Waals surface area contributed by atoms with Crippen molar-refractivity contribution in [1.82, 2.24) is 20.2 Å². The summed E-state index contributed by atoms with van der Waals surface area (Å²) in [5.74, 6) is 0.587. The van der Waals surface area contributed by atoms with E-state index >= 15 is 0 Å². The van der Waals surface area contributed by atoms with Crippen LogP contribution in [0.2, 0.25) is 0 Å². The van der Waals surface area contributed by atoms with Crippen LogP contribution in [-0.4, -0.2) is 58.9 Å². The van der Waals surface area contributed by atoms with Crippen molar-refractivity contribution in [2.24, 2.45) is 0 Å². The Labute approximate surface area is 163 Å². The van der Waals surface area contributed by atoms with Crippen LogP contribution in [0.3, 0.4) is 0 Å². The molecule has 0 bridgehead atoms. The van der Waals surface area contributed by atoms with Crippen LogP contribution >= 0.6 is 0 Å². The number of piperazine rings is 1. The van der Waals surface area contributed by atoms with Crippen molar-refractivity contribution < 1.29 is 9.59 Å². The number of rotatable bonds is 4. The number of amides is 2. The van der Waals surface area contributed by atoms with Gasteiger partial charge < -0.3 is 20.1 Å². The number of carbonyl (C=O) groups excluding carboxylic acids is 2. The highest BCUT2D eigenvalue weighted by atomic mass is 16.2. The Balaban J connectivity index is 1.34. The van der Waals surface area contributed by atoms with Gasteiger partial charge in [0.1, 0.15) is 17.6 Å². The van der Waals surface area contributed by atoms with Gasteiger partial charge >= 0.3 is 0 Å². The molecule has 0 radical (unpaired) electrons. The molecular formula is C21H23N5O2. The lowest BCUT2D eigenvalue weighted by Crippen LogP contribution is -2.54. The summed E-state index contributed by atoms with van der Waals surface area (Å²) < 4.78 is 0. The standard InChI is InChI=1S/C21H23N5O2/c1-15(23-20(27)18-14-16-6-2-3-7-17(16)24-18)21(28)26-12-10-25(11-13-26)19-8-4-5-9-22-19/h2-9,14-15,24H,10-13H2,1H3,(H,23,27)/t15-/m1/s1. The third kappa shape index (κ3) is 3.69. The van der Waals surface area contributed by atoms with E-state index in [0.717, 1.165) is 29.8 Å². The highest BCUT2D eigenvalue weighted by Gasteiger charge is 2.26. The van der Waals surface area contributed by atoms with Crippen molar-refractivity contribution in [3.05, 3.63) is 60.4 Å². The Hall–Kier alpha value is -3.35. The van der Waals surface area contributed by atoms with Crippen molar-refractivity contribution in [3.8, 4) is 0 Å². The Kier molecular flexibility index (Phi) is 4.97.